The predicted molar refractivity (Wildman–Crippen MR) is 79.2 cm³/mol. The zero-order valence-electron chi connectivity index (χ0n) is 11.6. The number of nitrogens with zero attached hydrogens (tertiary/aromatic N) is 1. The Balaban J connectivity index is 2.12. The van der Waals surface area contributed by atoms with Crippen LogP contribution < -0.4 is 5.32 Å². The lowest BCUT2D eigenvalue weighted by Crippen LogP contribution is -2.45. The molecule has 2 rings (SSSR count). The zero-order chi connectivity index (χ0) is 13.9. The first-order valence-corrected chi connectivity index (χ1v) is 7.41. The minimum Gasteiger partial charge on any atom is -0.346 e. The molecule has 2 heterocycles. The third-order valence-electron chi connectivity index (χ3n) is 3.41. The number of hydrogen-bond donors (Lipinski definition) is 1. The number of hydrogen-bond acceptors (Lipinski definition) is 2. The summed E-state index contributed by atoms with van der Waals surface area (Å²) in [6.45, 7) is 5.96. The summed E-state index contributed by atoms with van der Waals surface area (Å²) in [5.74, 6) is 0.0453. The maximum atomic E-state index is 12.5. The molecule has 0 saturated carbocycles. The molecular formula is C15H20N2OS. The lowest BCUT2D eigenvalue weighted by molar-refractivity contribution is -0.129. The minimum atomic E-state index is -0.575. The molecule has 102 valence electrons. The van der Waals surface area contributed by atoms with Gasteiger partial charge in [-0.3, -0.25) is 4.79 Å². The average Bonchev–Trinajstić information content (AvgIpc) is 3.07. The van der Waals surface area contributed by atoms with Crippen LogP contribution in [-0.2, 0) is 10.3 Å². The molecule has 1 N–H and O–H groups in total. The van der Waals surface area contributed by atoms with Gasteiger partial charge < -0.3 is 9.88 Å². The van der Waals surface area contributed by atoms with E-state index in [4.69, 9.17) is 0 Å². The second-order valence-corrected chi connectivity index (χ2v) is 6.08. The normalized spacial score (nSPS) is 13.2. The van der Waals surface area contributed by atoms with Crippen LogP contribution in [0.2, 0.25) is 0 Å². The van der Waals surface area contributed by atoms with Gasteiger partial charge in [0.25, 0.3) is 0 Å². The van der Waals surface area contributed by atoms with Crippen molar-refractivity contribution in [1.29, 1.82) is 0 Å². The number of aromatic nitrogens is 1. The van der Waals surface area contributed by atoms with E-state index in [2.05, 4.69) is 18.3 Å². The largest absolute Gasteiger partial charge is 0.346 e. The van der Waals surface area contributed by atoms with Gasteiger partial charge in [-0.15, -0.1) is 11.3 Å². The van der Waals surface area contributed by atoms with E-state index in [1.165, 1.54) is 4.88 Å². The van der Waals surface area contributed by atoms with Gasteiger partial charge in [0.15, 0.2) is 0 Å². The summed E-state index contributed by atoms with van der Waals surface area (Å²) in [4.78, 5) is 13.7. The Labute approximate surface area is 118 Å². The fraction of sp³-hybridized carbons (Fsp3) is 0.400. The molecule has 0 unspecified atom stereocenters. The first-order valence-electron chi connectivity index (χ1n) is 6.53. The van der Waals surface area contributed by atoms with Crippen molar-refractivity contribution in [3.8, 4) is 0 Å². The highest BCUT2D eigenvalue weighted by molar-refractivity contribution is 7.10. The smallest absolute Gasteiger partial charge is 0.246 e. The fourth-order valence-corrected chi connectivity index (χ4v) is 2.88. The summed E-state index contributed by atoms with van der Waals surface area (Å²) in [6.07, 6.45) is 4.74. The van der Waals surface area contributed by atoms with Crippen molar-refractivity contribution in [2.75, 3.05) is 0 Å². The van der Waals surface area contributed by atoms with Crippen LogP contribution in [0.5, 0.6) is 0 Å². The maximum Gasteiger partial charge on any atom is 0.246 e. The Morgan fingerprint density at radius 1 is 1.37 bits per heavy atom. The molecule has 1 atom stereocenters. The molecule has 0 fully saturated rings. The molecule has 0 spiro atoms. The second-order valence-electron chi connectivity index (χ2n) is 5.10. The van der Waals surface area contributed by atoms with Crippen LogP contribution in [0.4, 0.5) is 0 Å². The molecule has 1 amide bonds. The number of amides is 1. The number of carbonyl (C=O) groups excluding carboxylic acids is 1. The number of nitrogens with one attached hydrogen (secondary N) is 1. The van der Waals surface area contributed by atoms with Crippen LogP contribution in [0.25, 0.3) is 0 Å². The third kappa shape index (κ3) is 2.89. The standard InChI is InChI=1S/C15H20N2OS/c1-4-12(13-8-7-11-19-13)16-14(18)15(2,3)17-9-5-6-10-17/h5-12H,4H2,1-3H3,(H,16,18)/t12-/m0/s1. The molecule has 0 saturated heterocycles. The minimum absolute atomic E-state index is 0.0453. The van der Waals surface area contributed by atoms with Crippen molar-refractivity contribution in [3.63, 3.8) is 0 Å². The van der Waals surface area contributed by atoms with Gasteiger partial charge in [-0.1, -0.05) is 13.0 Å². The van der Waals surface area contributed by atoms with E-state index >= 15 is 0 Å². The highest BCUT2D eigenvalue weighted by Crippen LogP contribution is 2.24. The topological polar surface area (TPSA) is 34.0 Å². The molecular weight excluding hydrogens is 256 g/mol. The van der Waals surface area contributed by atoms with E-state index in [-0.39, 0.29) is 11.9 Å². The van der Waals surface area contributed by atoms with Crippen molar-refractivity contribution in [2.24, 2.45) is 0 Å². The van der Waals surface area contributed by atoms with Crippen molar-refractivity contribution in [1.82, 2.24) is 9.88 Å². The number of thiophene rings is 1. The average molecular weight is 276 g/mol. The van der Waals surface area contributed by atoms with E-state index in [1.807, 2.05) is 54.4 Å². The van der Waals surface area contributed by atoms with Gasteiger partial charge in [0.1, 0.15) is 5.54 Å². The molecule has 19 heavy (non-hydrogen) atoms. The van der Waals surface area contributed by atoms with Gasteiger partial charge in [-0.25, -0.2) is 0 Å². The zero-order valence-corrected chi connectivity index (χ0v) is 12.4. The van der Waals surface area contributed by atoms with Crippen molar-refractivity contribution >= 4 is 17.2 Å². The van der Waals surface area contributed by atoms with Crippen LogP contribution in [0.3, 0.4) is 0 Å². The van der Waals surface area contributed by atoms with Crippen LogP contribution in [-0.4, -0.2) is 10.5 Å². The van der Waals surface area contributed by atoms with Crippen LogP contribution in [0.15, 0.2) is 42.0 Å². The van der Waals surface area contributed by atoms with Gasteiger partial charge >= 0.3 is 0 Å². The second kappa shape index (κ2) is 5.61. The van der Waals surface area contributed by atoms with E-state index in [1.54, 1.807) is 11.3 Å². The highest BCUT2D eigenvalue weighted by atomic mass is 32.1. The van der Waals surface area contributed by atoms with E-state index in [0.717, 1.165) is 6.42 Å². The molecule has 0 aromatic carbocycles. The Kier molecular flexibility index (Phi) is 4.10. The first-order chi connectivity index (χ1) is 9.05. The molecule has 0 bridgehead atoms. The Morgan fingerprint density at radius 3 is 2.58 bits per heavy atom. The van der Waals surface area contributed by atoms with Crippen molar-refractivity contribution < 1.29 is 4.79 Å². The quantitative estimate of drug-likeness (QED) is 0.890. The Morgan fingerprint density at radius 2 is 2.05 bits per heavy atom. The molecule has 4 heteroatoms. The number of rotatable bonds is 5. The molecule has 2 aromatic heterocycles. The fourth-order valence-electron chi connectivity index (χ4n) is 2.02. The third-order valence-corrected chi connectivity index (χ3v) is 4.39. The summed E-state index contributed by atoms with van der Waals surface area (Å²) >= 11 is 1.68. The van der Waals surface area contributed by atoms with Gasteiger partial charge in [0.05, 0.1) is 6.04 Å². The maximum absolute atomic E-state index is 12.5. The summed E-state index contributed by atoms with van der Waals surface area (Å²) < 4.78 is 1.93. The summed E-state index contributed by atoms with van der Waals surface area (Å²) in [7, 11) is 0. The van der Waals surface area contributed by atoms with E-state index in [9.17, 15) is 4.79 Å². The molecule has 2 aromatic rings. The Bertz CT molecular complexity index is 514. The summed E-state index contributed by atoms with van der Waals surface area (Å²) in [6, 6.07) is 8.06. The van der Waals surface area contributed by atoms with Crippen molar-refractivity contribution in [3.05, 3.63) is 46.9 Å². The predicted octanol–water partition coefficient (Wildman–Crippen LogP) is 3.55. The molecule has 0 aliphatic rings. The molecule has 0 radical (unpaired) electrons. The molecule has 0 aliphatic carbocycles. The highest BCUT2D eigenvalue weighted by Gasteiger charge is 2.30. The van der Waals surface area contributed by atoms with Crippen LogP contribution >= 0.6 is 11.3 Å². The van der Waals surface area contributed by atoms with E-state index in [0.29, 0.717) is 0 Å². The van der Waals surface area contributed by atoms with Crippen molar-refractivity contribution in [2.45, 2.75) is 38.8 Å². The summed E-state index contributed by atoms with van der Waals surface area (Å²) in [5, 5.41) is 5.19. The monoisotopic (exact) mass is 276 g/mol. The summed E-state index contributed by atoms with van der Waals surface area (Å²) in [5.41, 5.74) is -0.575. The van der Waals surface area contributed by atoms with Crippen LogP contribution in [0, 0.1) is 0 Å². The molecule has 3 nitrogen and oxygen atoms in total. The number of carbonyl (C=O) groups is 1. The lowest BCUT2D eigenvalue weighted by Gasteiger charge is -2.28. The Hall–Kier alpha value is -1.55. The molecule has 0 aliphatic heterocycles. The van der Waals surface area contributed by atoms with E-state index < -0.39 is 5.54 Å². The van der Waals surface area contributed by atoms with Gasteiger partial charge in [-0.2, -0.15) is 0 Å². The van der Waals surface area contributed by atoms with Gasteiger partial charge in [0, 0.05) is 17.3 Å². The SMILES string of the molecule is CC[C@H](NC(=O)C(C)(C)n1cccc1)c1cccs1. The van der Waals surface area contributed by atoms with Crippen LogP contribution in [0.1, 0.15) is 38.1 Å². The lowest BCUT2D eigenvalue weighted by atomic mass is 10.0. The van der Waals surface area contributed by atoms with Gasteiger partial charge in [-0.05, 0) is 43.8 Å². The van der Waals surface area contributed by atoms with Gasteiger partial charge in [0.2, 0.25) is 5.91 Å². The first kappa shape index (κ1) is 13.9.